The summed E-state index contributed by atoms with van der Waals surface area (Å²) in [6, 6.07) is 3.09. The Kier molecular flexibility index (Phi) is 3.39. The van der Waals surface area contributed by atoms with E-state index < -0.39 is 0 Å². The molecule has 0 saturated heterocycles. The number of rotatable bonds is 3. The van der Waals surface area contributed by atoms with Crippen molar-refractivity contribution < 1.29 is 4.39 Å². The van der Waals surface area contributed by atoms with Gasteiger partial charge in [-0.3, -0.25) is 0 Å². The van der Waals surface area contributed by atoms with Gasteiger partial charge in [0, 0.05) is 6.54 Å². The Morgan fingerprint density at radius 1 is 1.31 bits per heavy atom. The SMILES string of the molecule is NCC1(Nc2ccc(F)cn2)CCCCC1. The molecular formula is C12H18FN3. The summed E-state index contributed by atoms with van der Waals surface area (Å²) in [5.74, 6) is 0.407. The van der Waals surface area contributed by atoms with E-state index in [1.807, 2.05) is 0 Å². The number of anilines is 1. The Bertz CT molecular complexity index is 331. The number of aromatic nitrogens is 1. The lowest BCUT2D eigenvalue weighted by Crippen LogP contribution is -2.47. The molecule has 88 valence electrons. The van der Waals surface area contributed by atoms with Crippen molar-refractivity contribution >= 4 is 5.82 Å². The molecule has 3 nitrogen and oxygen atoms in total. The van der Waals surface area contributed by atoms with Crippen molar-refractivity contribution in [2.24, 2.45) is 5.73 Å². The topological polar surface area (TPSA) is 50.9 Å². The van der Waals surface area contributed by atoms with Gasteiger partial charge in [0.15, 0.2) is 0 Å². The van der Waals surface area contributed by atoms with Crippen molar-refractivity contribution in [2.75, 3.05) is 11.9 Å². The van der Waals surface area contributed by atoms with Crippen LogP contribution >= 0.6 is 0 Å². The van der Waals surface area contributed by atoms with Crippen molar-refractivity contribution in [3.8, 4) is 0 Å². The lowest BCUT2D eigenvalue weighted by Gasteiger charge is -2.37. The summed E-state index contributed by atoms with van der Waals surface area (Å²) in [6.07, 6.45) is 7.05. The first-order valence-corrected chi connectivity index (χ1v) is 5.84. The minimum atomic E-state index is -0.309. The highest BCUT2D eigenvalue weighted by atomic mass is 19.1. The molecule has 0 radical (unpaired) electrons. The fourth-order valence-electron chi connectivity index (χ4n) is 2.33. The molecule has 0 amide bonds. The lowest BCUT2D eigenvalue weighted by atomic mass is 9.81. The van der Waals surface area contributed by atoms with E-state index in [9.17, 15) is 4.39 Å². The second-order valence-electron chi connectivity index (χ2n) is 4.53. The Balaban J connectivity index is 2.08. The van der Waals surface area contributed by atoms with Crippen LogP contribution in [0.4, 0.5) is 10.2 Å². The van der Waals surface area contributed by atoms with Crippen molar-refractivity contribution in [2.45, 2.75) is 37.6 Å². The minimum absolute atomic E-state index is 0.0386. The molecule has 0 spiro atoms. The molecule has 16 heavy (non-hydrogen) atoms. The van der Waals surface area contributed by atoms with Crippen LogP contribution in [-0.2, 0) is 0 Å². The maximum absolute atomic E-state index is 12.7. The van der Waals surface area contributed by atoms with E-state index in [0.29, 0.717) is 12.4 Å². The molecule has 1 saturated carbocycles. The second-order valence-corrected chi connectivity index (χ2v) is 4.53. The highest BCUT2D eigenvalue weighted by Gasteiger charge is 2.30. The highest BCUT2D eigenvalue weighted by molar-refractivity contribution is 5.37. The van der Waals surface area contributed by atoms with Crippen LogP contribution in [0, 0.1) is 5.82 Å². The quantitative estimate of drug-likeness (QED) is 0.826. The van der Waals surface area contributed by atoms with Gasteiger partial charge in [0.25, 0.3) is 0 Å². The fraction of sp³-hybridized carbons (Fsp3) is 0.583. The minimum Gasteiger partial charge on any atom is -0.363 e. The largest absolute Gasteiger partial charge is 0.363 e. The lowest BCUT2D eigenvalue weighted by molar-refractivity contribution is 0.330. The summed E-state index contributed by atoms with van der Waals surface area (Å²) in [5, 5.41) is 3.37. The van der Waals surface area contributed by atoms with E-state index in [4.69, 9.17) is 5.73 Å². The third-order valence-corrected chi connectivity index (χ3v) is 3.32. The number of hydrogen-bond acceptors (Lipinski definition) is 3. The Morgan fingerprint density at radius 2 is 2.06 bits per heavy atom. The molecule has 0 unspecified atom stereocenters. The number of nitrogens with two attached hydrogens (primary N) is 1. The van der Waals surface area contributed by atoms with Crippen molar-refractivity contribution in [1.82, 2.24) is 4.98 Å². The Labute approximate surface area is 95.3 Å². The zero-order valence-corrected chi connectivity index (χ0v) is 9.38. The summed E-state index contributed by atoms with van der Waals surface area (Å²) in [4.78, 5) is 4.02. The molecule has 0 bridgehead atoms. The summed E-state index contributed by atoms with van der Waals surface area (Å²) in [6.45, 7) is 0.603. The molecule has 1 aliphatic rings. The number of nitrogens with one attached hydrogen (secondary N) is 1. The van der Waals surface area contributed by atoms with Gasteiger partial charge in [-0.15, -0.1) is 0 Å². The first-order valence-electron chi connectivity index (χ1n) is 5.84. The molecule has 0 aromatic carbocycles. The molecule has 0 atom stereocenters. The predicted octanol–water partition coefficient (Wildman–Crippen LogP) is 2.29. The van der Waals surface area contributed by atoms with E-state index in [1.54, 1.807) is 6.07 Å². The van der Waals surface area contributed by atoms with E-state index in [2.05, 4.69) is 10.3 Å². The summed E-state index contributed by atoms with van der Waals surface area (Å²) in [7, 11) is 0. The van der Waals surface area contributed by atoms with Crippen molar-refractivity contribution in [1.29, 1.82) is 0 Å². The van der Waals surface area contributed by atoms with Crippen LogP contribution in [0.25, 0.3) is 0 Å². The maximum atomic E-state index is 12.7. The predicted molar refractivity (Wildman–Crippen MR) is 62.7 cm³/mol. The normalized spacial score (nSPS) is 19.4. The molecule has 1 aromatic rings. The van der Waals surface area contributed by atoms with Gasteiger partial charge in [-0.2, -0.15) is 0 Å². The third kappa shape index (κ3) is 2.50. The molecule has 1 heterocycles. The highest BCUT2D eigenvalue weighted by Crippen LogP contribution is 2.30. The van der Waals surface area contributed by atoms with Crippen LogP contribution in [0.15, 0.2) is 18.3 Å². The van der Waals surface area contributed by atoms with Gasteiger partial charge < -0.3 is 11.1 Å². The molecule has 1 aromatic heterocycles. The summed E-state index contributed by atoms with van der Waals surface area (Å²) in [5.41, 5.74) is 5.81. The van der Waals surface area contributed by atoms with Crippen molar-refractivity contribution in [3.05, 3.63) is 24.1 Å². The molecular weight excluding hydrogens is 205 g/mol. The Hall–Kier alpha value is -1.16. The first kappa shape index (κ1) is 11.3. The molecule has 1 aliphatic carbocycles. The van der Waals surface area contributed by atoms with E-state index in [1.165, 1.54) is 31.5 Å². The molecule has 0 aliphatic heterocycles. The molecule has 2 rings (SSSR count). The number of nitrogens with zero attached hydrogens (tertiary/aromatic N) is 1. The average Bonchev–Trinajstić information content (AvgIpc) is 2.33. The fourth-order valence-corrected chi connectivity index (χ4v) is 2.33. The van der Waals surface area contributed by atoms with E-state index in [0.717, 1.165) is 12.8 Å². The van der Waals surface area contributed by atoms with Gasteiger partial charge in [0.1, 0.15) is 11.6 Å². The number of pyridine rings is 1. The third-order valence-electron chi connectivity index (χ3n) is 3.32. The summed E-state index contributed by atoms with van der Waals surface area (Å²) >= 11 is 0. The van der Waals surface area contributed by atoms with E-state index in [-0.39, 0.29) is 11.4 Å². The molecule has 4 heteroatoms. The van der Waals surface area contributed by atoms with Crippen LogP contribution < -0.4 is 11.1 Å². The summed E-state index contributed by atoms with van der Waals surface area (Å²) < 4.78 is 12.7. The van der Waals surface area contributed by atoms with Crippen LogP contribution in [0.1, 0.15) is 32.1 Å². The van der Waals surface area contributed by atoms with E-state index >= 15 is 0 Å². The van der Waals surface area contributed by atoms with Gasteiger partial charge in [-0.05, 0) is 25.0 Å². The van der Waals surface area contributed by atoms with Gasteiger partial charge in [0.05, 0.1) is 11.7 Å². The second kappa shape index (κ2) is 4.78. The standard InChI is InChI=1S/C12H18FN3/c13-10-4-5-11(15-8-10)16-12(9-14)6-2-1-3-7-12/h4-5,8H,1-3,6-7,9,14H2,(H,15,16). The number of halogens is 1. The molecule has 3 N–H and O–H groups in total. The van der Waals surface area contributed by atoms with Gasteiger partial charge in [-0.25, -0.2) is 9.37 Å². The van der Waals surface area contributed by atoms with Crippen LogP contribution in [0.2, 0.25) is 0 Å². The van der Waals surface area contributed by atoms with Crippen LogP contribution in [-0.4, -0.2) is 17.1 Å². The first-order chi connectivity index (χ1) is 7.74. The Morgan fingerprint density at radius 3 is 2.62 bits per heavy atom. The monoisotopic (exact) mass is 223 g/mol. The van der Waals surface area contributed by atoms with Gasteiger partial charge in [-0.1, -0.05) is 19.3 Å². The number of hydrogen-bond donors (Lipinski definition) is 2. The van der Waals surface area contributed by atoms with Crippen LogP contribution in [0.3, 0.4) is 0 Å². The molecule has 1 fully saturated rings. The van der Waals surface area contributed by atoms with Crippen LogP contribution in [0.5, 0.6) is 0 Å². The average molecular weight is 223 g/mol. The zero-order valence-electron chi connectivity index (χ0n) is 9.38. The maximum Gasteiger partial charge on any atom is 0.141 e. The van der Waals surface area contributed by atoms with Gasteiger partial charge >= 0.3 is 0 Å². The van der Waals surface area contributed by atoms with Gasteiger partial charge in [0.2, 0.25) is 0 Å². The smallest absolute Gasteiger partial charge is 0.141 e. The zero-order chi connectivity index (χ0) is 11.4. The van der Waals surface area contributed by atoms with Crippen molar-refractivity contribution in [3.63, 3.8) is 0 Å².